The monoisotopic (exact) mass is 486 g/mol. The minimum absolute atomic E-state index is 0.111. The number of ether oxygens (including phenoxy) is 2. The highest BCUT2D eigenvalue weighted by Gasteiger charge is 2.32. The summed E-state index contributed by atoms with van der Waals surface area (Å²) in [5, 5.41) is 4.68. The summed E-state index contributed by atoms with van der Waals surface area (Å²) in [5.74, 6) is 1.13. The number of carbonyl (C=O) groups is 1. The molecule has 2 aromatic carbocycles. The van der Waals surface area contributed by atoms with Crippen LogP contribution in [0, 0.1) is 0 Å². The Balaban J connectivity index is 1.27. The van der Waals surface area contributed by atoms with Gasteiger partial charge in [-0.2, -0.15) is 0 Å². The van der Waals surface area contributed by atoms with Gasteiger partial charge in [-0.15, -0.1) is 11.3 Å². The van der Waals surface area contributed by atoms with Gasteiger partial charge in [0.25, 0.3) is 5.91 Å². The van der Waals surface area contributed by atoms with Crippen LogP contribution in [0.15, 0.2) is 64.9 Å². The number of para-hydroxylation sites is 1. The molecule has 0 saturated heterocycles. The molecule has 2 N–H and O–H groups in total. The van der Waals surface area contributed by atoms with E-state index in [4.69, 9.17) is 9.47 Å². The number of thiophene rings is 1. The predicted octanol–water partition coefficient (Wildman–Crippen LogP) is 3.75. The fourth-order valence-electron chi connectivity index (χ4n) is 3.58. The molecule has 174 valence electrons. The topological polar surface area (TPSA) is 93.7 Å². The quantitative estimate of drug-likeness (QED) is 0.450. The Morgan fingerprint density at radius 3 is 2.64 bits per heavy atom. The molecule has 0 bridgehead atoms. The van der Waals surface area contributed by atoms with E-state index in [-0.39, 0.29) is 29.6 Å². The highest BCUT2D eigenvalue weighted by Crippen LogP contribution is 2.41. The molecule has 0 aliphatic carbocycles. The third-order valence-corrected chi connectivity index (χ3v) is 7.44. The molecule has 1 amide bonds. The van der Waals surface area contributed by atoms with Gasteiger partial charge in [-0.05, 0) is 55.6 Å². The van der Waals surface area contributed by atoms with Crippen LogP contribution in [0.2, 0.25) is 0 Å². The van der Waals surface area contributed by atoms with Gasteiger partial charge in [0.2, 0.25) is 10.0 Å². The normalized spacial score (nSPS) is 14.4. The van der Waals surface area contributed by atoms with E-state index >= 15 is 0 Å². The highest BCUT2D eigenvalue weighted by atomic mass is 32.2. The molecule has 0 atom stereocenters. The molecule has 0 radical (unpaired) electrons. The van der Waals surface area contributed by atoms with Crippen molar-refractivity contribution < 1.29 is 22.7 Å². The van der Waals surface area contributed by atoms with Gasteiger partial charge in [0.1, 0.15) is 12.2 Å². The second-order valence-electron chi connectivity index (χ2n) is 8.32. The Hall–Kier alpha value is -2.88. The number of amides is 1. The first kappa shape index (κ1) is 23.3. The van der Waals surface area contributed by atoms with Crippen LogP contribution in [0.1, 0.15) is 34.6 Å². The smallest absolute Gasteiger partial charge is 0.251 e. The van der Waals surface area contributed by atoms with E-state index in [1.165, 1.54) is 35.6 Å². The summed E-state index contributed by atoms with van der Waals surface area (Å²) in [7, 11) is -3.65. The highest BCUT2D eigenvalue weighted by molar-refractivity contribution is 7.89. The van der Waals surface area contributed by atoms with Crippen molar-refractivity contribution in [2.45, 2.75) is 37.3 Å². The van der Waals surface area contributed by atoms with Crippen LogP contribution in [0.3, 0.4) is 0 Å². The van der Waals surface area contributed by atoms with Crippen LogP contribution >= 0.6 is 11.3 Å². The zero-order chi connectivity index (χ0) is 23.5. The first-order valence-electron chi connectivity index (χ1n) is 10.6. The summed E-state index contributed by atoms with van der Waals surface area (Å²) >= 11 is 1.48. The number of rotatable bonds is 9. The van der Waals surface area contributed by atoms with E-state index < -0.39 is 10.0 Å². The van der Waals surface area contributed by atoms with Gasteiger partial charge in [0.15, 0.2) is 11.5 Å². The molecule has 9 heteroatoms. The third kappa shape index (κ3) is 5.73. The molecule has 3 aromatic rings. The second-order valence-corrected chi connectivity index (χ2v) is 11.1. The third-order valence-electron chi connectivity index (χ3n) is 5.14. The lowest BCUT2D eigenvalue weighted by Gasteiger charge is -2.18. The van der Waals surface area contributed by atoms with E-state index in [9.17, 15) is 13.2 Å². The zero-order valence-corrected chi connectivity index (χ0v) is 20.1. The molecule has 1 aliphatic heterocycles. The molecule has 1 aromatic heterocycles. The van der Waals surface area contributed by atoms with Crippen molar-refractivity contribution in [2.75, 3.05) is 13.2 Å². The zero-order valence-electron chi connectivity index (χ0n) is 18.5. The number of sulfonamides is 1. The first-order chi connectivity index (χ1) is 15.7. The molecule has 0 fully saturated rings. The van der Waals surface area contributed by atoms with Crippen molar-refractivity contribution in [1.82, 2.24) is 10.0 Å². The second kappa shape index (κ2) is 9.54. The van der Waals surface area contributed by atoms with Crippen LogP contribution in [0.5, 0.6) is 11.5 Å². The molecule has 0 spiro atoms. The molecule has 0 saturated carbocycles. The molecule has 4 rings (SSSR count). The molecule has 7 nitrogen and oxygen atoms in total. The standard InChI is InChI=1S/C24H26N2O5S2/c1-24(2)15-18-5-3-7-21(22(18)31-24)30-13-12-25-23(27)17-8-10-20(11-9-17)33(28,29)26-16-19-6-4-14-32-19/h3-11,14,26H,12-13,15-16H2,1-2H3,(H,25,27). The van der Waals surface area contributed by atoms with Crippen LogP contribution < -0.4 is 19.5 Å². The van der Waals surface area contributed by atoms with Crippen molar-refractivity contribution in [3.05, 3.63) is 76.0 Å². The minimum atomic E-state index is -3.65. The maximum Gasteiger partial charge on any atom is 0.251 e. The summed E-state index contributed by atoms with van der Waals surface area (Å²) in [6, 6.07) is 15.4. The average Bonchev–Trinajstić information content (AvgIpc) is 3.41. The predicted molar refractivity (Wildman–Crippen MR) is 127 cm³/mol. The summed E-state index contributed by atoms with van der Waals surface area (Å²) in [6.07, 6.45) is 0.825. The van der Waals surface area contributed by atoms with Gasteiger partial charge in [-0.3, -0.25) is 4.79 Å². The van der Waals surface area contributed by atoms with E-state index in [1.54, 1.807) is 0 Å². The number of nitrogens with one attached hydrogen (secondary N) is 2. The van der Waals surface area contributed by atoms with Gasteiger partial charge < -0.3 is 14.8 Å². The number of carbonyl (C=O) groups excluding carboxylic acids is 1. The maximum atomic E-state index is 12.4. The van der Waals surface area contributed by atoms with Gasteiger partial charge >= 0.3 is 0 Å². The van der Waals surface area contributed by atoms with E-state index in [1.807, 2.05) is 49.6 Å². The number of fused-ring (bicyclic) bond motifs is 1. The van der Waals surface area contributed by atoms with Crippen LogP contribution in [-0.2, 0) is 23.0 Å². The lowest BCUT2D eigenvalue weighted by molar-refractivity contribution is 0.0946. The lowest BCUT2D eigenvalue weighted by atomic mass is 10.0. The van der Waals surface area contributed by atoms with Gasteiger partial charge in [-0.25, -0.2) is 13.1 Å². The van der Waals surface area contributed by atoms with Crippen LogP contribution in [0.4, 0.5) is 0 Å². The lowest BCUT2D eigenvalue weighted by Crippen LogP contribution is -2.28. The molecular formula is C24H26N2O5S2. The van der Waals surface area contributed by atoms with E-state index in [2.05, 4.69) is 10.0 Å². The van der Waals surface area contributed by atoms with Crippen molar-refractivity contribution >= 4 is 27.3 Å². The Morgan fingerprint density at radius 2 is 1.91 bits per heavy atom. The Kier molecular flexibility index (Phi) is 6.73. The van der Waals surface area contributed by atoms with Crippen molar-refractivity contribution in [1.29, 1.82) is 0 Å². The molecular weight excluding hydrogens is 460 g/mol. The Labute approximate surface area is 197 Å². The largest absolute Gasteiger partial charge is 0.488 e. The fourth-order valence-corrected chi connectivity index (χ4v) is 5.32. The number of hydrogen-bond donors (Lipinski definition) is 2. The number of hydrogen-bond acceptors (Lipinski definition) is 6. The van der Waals surface area contributed by atoms with Gasteiger partial charge in [0, 0.05) is 29.0 Å². The van der Waals surface area contributed by atoms with Crippen molar-refractivity contribution in [2.24, 2.45) is 0 Å². The average molecular weight is 487 g/mol. The summed E-state index contributed by atoms with van der Waals surface area (Å²) in [6.45, 7) is 4.88. The molecule has 2 heterocycles. The minimum Gasteiger partial charge on any atom is -0.488 e. The van der Waals surface area contributed by atoms with Gasteiger partial charge in [0.05, 0.1) is 11.4 Å². The summed E-state index contributed by atoms with van der Waals surface area (Å²) in [5.41, 5.74) is 1.23. The molecule has 1 aliphatic rings. The molecule has 33 heavy (non-hydrogen) atoms. The summed E-state index contributed by atoms with van der Waals surface area (Å²) < 4.78 is 39.3. The summed E-state index contributed by atoms with van der Waals surface area (Å²) in [4.78, 5) is 13.4. The molecule has 0 unspecified atom stereocenters. The first-order valence-corrected chi connectivity index (χ1v) is 12.9. The van der Waals surface area contributed by atoms with Crippen molar-refractivity contribution in [3.63, 3.8) is 0 Å². The Bertz CT molecular complexity index is 1220. The van der Waals surface area contributed by atoms with Crippen molar-refractivity contribution in [3.8, 4) is 11.5 Å². The van der Waals surface area contributed by atoms with E-state index in [0.29, 0.717) is 17.9 Å². The van der Waals surface area contributed by atoms with Gasteiger partial charge in [-0.1, -0.05) is 18.2 Å². The SMILES string of the molecule is CC1(C)Cc2cccc(OCCNC(=O)c3ccc(S(=O)(=O)NCc4cccs4)cc3)c2O1. The number of benzene rings is 2. The fraction of sp³-hybridized carbons (Fsp3) is 0.292. The van der Waals surface area contributed by atoms with E-state index in [0.717, 1.165) is 22.6 Å². The maximum absolute atomic E-state index is 12.4. The van der Waals surface area contributed by atoms with Crippen LogP contribution in [-0.4, -0.2) is 33.1 Å². The Morgan fingerprint density at radius 1 is 1.12 bits per heavy atom. The van der Waals surface area contributed by atoms with Crippen LogP contribution in [0.25, 0.3) is 0 Å².